The Bertz CT molecular complexity index is 592. The first-order chi connectivity index (χ1) is 8.20. The molecular formula is C10H10BrN5O. The summed E-state index contributed by atoms with van der Waals surface area (Å²) in [5.41, 5.74) is 1.08. The van der Waals surface area contributed by atoms with Gasteiger partial charge in [-0.1, -0.05) is 0 Å². The molecule has 1 saturated carbocycles. The van der Waals surface area contributed by atoms with E-state index in [1.807, 2.05) is 0 Å². The molecule has 2 aromatic rings. The van der Waals surface area contributed by atoms with Gasteiger partial charge in [-0.3, -0.25) is 14.2 Å². The maximum Gasteiger partial charge on any atom is 0.188 e. The minimum atomic E-state index is 0.331. The number of hydrazine groups is 1. The third-order valence-corrected chi connectivity index (χ3v) is 3.16. The first-order valence-corrected chi connectivity index (χ1v) is 6.02. The van der Waals surface area contributed by atoms with Gasteiger partial charge in [0.1, 0.15) is 10.3 Å². The molecule has 0 saturated heterocycles. The maximum atomic E-state index is 10.9. The number of imidazole rings is 1. The number of rotatable bonds is 3. The van der Waals surface area contributed by atoms with E-state index in [4.69, 9.17) is 5.84 Å². The Balaban J connectivity index is 2.22. The van der Waals surface area contributed by atoms with Gasteiger partial charge in [0.25, 0.3) is 0 Å². The molecule has 0 atom stereocenters. The van der Waals surface area contributed by atoms with Crippen LogP contribution in [0.3, 0.4) is 0 Å². The van der Waals surface area contributed by atoms with E-state index in [-0.39, 0.29) is 0 Å². The first-order valence-electron chi connectivity index (χ1n) is 5.23. The monoisotopic (exact) mass is 295 g/mol. The highest BCUT2D eigenvalue weighted by molar-refractivity contribution is 9.10. The average molecular weight is 296 g/mol. The topological polar surface area (TPSA) is 76.5 Å². The lowest BCUT2D eigenvalue weighted by Gasteiger charge is -2.17. The van der Waals surface area contributed by atoms with Crippen LogP contribution in [0.2, 0.25) is 0 Å². The van der Waals surface area contributed by atoms with Crippen LogP contribution < -0.4 is 10.9 Å². The highest BCUT2D eigenvalue weighted by Crippen LogP contribution is 2.30. The Morgan fingerprint density at radius 2 is 2.35 bits per heavy atom. The Labute approximate surface area is 106 Å². The zero-order valence-corrected chi connectivity index (χ0v) is 10.5. The smallest absolute Gasteiger partial charge is 0.188 e. The molecule has 0 unspecified atom stereocenters. The fourth-order valence-electron chi connectivity index (χ4n) is 1.75. The number of carbonyl (C=O) groups is 1. The zero-order valence-electron chi connectivity index (χ0n) is 8.88. The normalized spacial score (nSPS) is 15.2. The lowest BCUT2D eigenvalue weighted by molar-refractivity contribution is 0.111. The summed E-state index contributed by atoms with van der Waals surface area (Å²) in [6.45, 7) is 0. The molecule has 2 aromatic heterocycles. The van der Waals surface area contributed by atoms with Crippen molar-refractivity contribution in [2.24, 2.45) is 5.84 Å². The standard InChI is InChI=1S/C10H10BrN5O/c11-8-4-15-7(5-17)3-13-9(15)10(14-8)16(12)6-1-2-6/h3-6H,1-2,12H2. The minimum Gasteiger partial charge on any atom is -0.296 e. The van der Waals surface area contributed by atoms with Crippen molar-refractivity contribution in [3.63, 3.8) is 0 Å². The van der Waals surface area contributed by atoms with Crippen molar-refractivity contribution in [3.05, 3.63) is 22.7 Å². The molecule has 2 N–H and O–H groups in total. The molecule has 3 rings (SSSR count). The number of hydrogen-bond donors (Lipinski definition) is 1. The SMILES string of the molecule is NN(c1nc(Br)cn2c(C=O)cnc12)C1CC1. The van der Waals surface area contributed by atoms with E-state index in [2.05, 4.69) is 25.9 Å². The summed E-state index contributed by atoms with van der Waals surface area (Å²) in [7, 11) is 0. The van der Waals surface area contributed by atoms with E-state index in [0.29, 0.717) is 27.8 Å². The van der Waals surface area contributed by atoms with Crippen molar-refractivity contribution in [2.75, 3.05) is 5.01 Å². The van der Waals surface area contributed by atoms with Crippen LogP contribution in [0.15, 0.2) is 17.0 Å². The molecule has 0 radical (unpaired) electrons. The van der Waals surface area contributed by atoms with Gasteiger partial charge in [-0.2, -0.15) is 0 Å². The van der Waals surface area contributed by atoms with Crippen LogP contribution in [-0.4, -0.2) is 26.7 Å². The molecule has 1 aliphatic rings. The van der Waals surface area contributed by atoms with E-state index in [1.54, 1.807) is 15.6 Å². The molecule has 0 bridgehead atoms. The van der Waals surface area contributed by atoms with Gasteiger partial charge >= 0.3 is 0 Å². The molecule has 6 nitrogen and oxygen atoms in total. The van der Waals surface area contributed by atoms with E-state index in [0.717, 1.165) is 19.1 Å². The summed E-state index contributed by atoms with van der Waals surface area (Å²) in [5, 5.41) is 1.63. The van der Waals surface area contributed by atoms with Crippen LogP contribution >= 0.6 is 15.9 Å². The molecule has 7 heteroatoms. The van der Waals surface area contributed by atoms with Crippen molar-refractivity contribution in [2.45, 2.75) is 18.9 Å². The third kappa shape index (κ3) is 1.71. The molecular weight excluding hydrogens is 286 g/mol. The van der Waals surface area contributed by atoms with Gasteiger partial charge in [-0.25, -0.2) is 15.8 Å². The van der Waals surface area contributed by atoms with E-state index in [1.165, 1.54) is 6.20 Å². The van der Waals surface area contributed by atoms with Gasteiger partial charge in [-0.15, -0.1) is 0 Å². The van der Waals surface area contributed by atoms with Gasteiger partial charge in [0.05, 0.1) is 6.20 Å². The fourth-order valence-corrected chi connectivity index (χ4v) is 2.12. The van der Waals surface area contributed by atoms with E-state index >= 15 is 0 Å². The predicted molar refractivity (Wildman–Crippen MR) is 65.8 cm³/mol. The van der Waals surface area contributed by atoms with Crippen LogP contribution in [0.4, 0.5) is 5.82 Å². The number of carbonyl (C=O) groups excluding carboxylic acids is 1. The Morgan fingerprint density at radius 1 is 1.59 bits per heavy atom. The fraction of sp³-hybridized carbons (Fsp3) is 0.300. The summed E-state index contributed by atoms with van der Waals surface area (Å²) in [4.78, 5) is 19.4. The number of nitrogens with zero attached hydrogens (tertiary/aromatic N) is 4. The molecule has 2 heterocycles. The number of hydrogen-bond acceptors (Lipinski definition) is 5. The van der Waals surface area contributed by atoms with Gasteiger partial charge < -0.3 is 0 Å². The maximum absolute atomic E-state index is 10.9. The van der Waals surface area contributed by atoms with Crippen LogP contribution in [0.1, 0.15) is 23.3 Å². The van der Waals surface area contributed by atoms with Gasteiger partial charge in [0, 0.05) is 12.2 Å². The van der Waals surface area contributed by atoms with Crippen LogP contribution in [0.25, 0.3) is 5.65 Å². The summed E-state index contributed by atoms with van der Waals surface area (Å²) in [6, 6.07) is 0.331. The Hall–Kier alpha value is -1.47. The first kappa shape index (κ1) is 10.7. The second-order valence-corrected chi connectivity index (χ2v) is 4.83. The van der Waals surface area contributed by atoms with Crippen molar-refractivity contribution < 1.29 is 4.79 Å². The molecule has 1 fully saturated rings. The summed E-state index contributed by atoms with van der Waals surface area (Å²) >= 11 is 3.31. The van der Waals surface area contributed by atoms with Gasteiger partial charge in [0.2, 0.25) is 0 Å². The number of aldehydes is 1. The quantitative estimate of drug-likeness (QED) is 0.522. The highest BCUT2D eigenvalue weighted by atomic mass is 79.9. The van der Waals surface area contributed by atoms with Gasteiger partial charge in [0.15, 0.2) is 17.8 Å². The summed E-state index contributed by atoms with van der Waals surface area (Å²) in [6.07, 6.45) is 6.11. The number of halogens is 1. The van der Waals surface area contributed by atoms with Crippen molar-refractivity contribution >= 4 is 33.7 Å². The Kier molecular flexibility index (Phi) is 2.37. The minimum absolute atomic E-state index is 0.331. The lowest BCUT2D eigenvalue weighted by Crippen LogP contribution is -2.34. The van der Waals surface area contributed by atoms with Gasteiger partial charge in [-0.05, 0) is 28.8 Å². The van der Waals surface area contributed by atoms with Crippen molar-refractivity contribution in [3.8, 4) is 0 Å². The number of fused-ring (bicyclic) bond motifs is 1. The van der Waals surface area contributed by atoms with E-state index < -0.39 is 0 Å². The van der Waals surface area contributed by atoms with Crippen molar-refractivity contribution in [1.82, 2.24) is 14.4 Å². The number of nitrogens with two attached hydrogens (primary N) is 1. The van der Waals surface area contributed by atoms with E-state index in [9.17, 15) is 4.79 Å². The number of anilines is 1. The molecule has 88 valence electrons. The molecule has 0 amide bonds. The second kappa shape index (κ2) is 3.78. The molecule has 17 heavy (non-hydrogen) atoms. The largest absolute Gasteiger partial charge is 0.296 e. The van der Waals surface area contributed by atoms with Crippen LogP contribution in [0, 0.1) is 0 Å². The Morgan fingerprint density at radius 3 is 3.00 bits per heavy atom. The summed E-state index contributed by atoms with van der Waals surface area (Å²) in [5.74, 6) is 6.59. The zero-order chi connectivity index (χ0) is 12.0. The van der Waals surface area contributed by atoms with Crippen molar-refractivity contribution in [1.29, 1.82) is 0 Å². The predicted octanol–water partition coefficient (Wildman–Crippen LogP) is 1.15. The second-order valence-electron chi connectivity index (χ2n) is 4.02. The molecule has 0 aromatic carbocycles. The average Bonchev–Trinajstić information content (AvgIpc) is 3.08. The highest BCUT2D eigenvalue weighted by Gasteiger charge is 2.30. The number of aromatic nitrogens is 3. The molecule has 1 aliphatic carbocycles. The molecule has 0 aliphatic heterocycles. The third-order valence-electron chi connectivity index (χ3n) is 2.78. The van der Waals surface area contributed by atoms with Crippen LogP contribution in [0.5, 0.6) is 0 Å². The van der Waals surface area contributed by atoms with Crippen LogP contribution in [-0.2, 0) is 0 Å². The molecule has 0 spiro atoms. The lowest BCUT2D eigenvalue weighted by atomic mass is 10.5. The summed E-state index contributed by atoms with van der Waals surface area (Å²) < 4.78 is 2.30.